The minimum absolute atomic E-state index is 0.701. The van der Waals surface area contributed by atoms with Gasteiger partial charge in [-0.3, -0.25) is 0 Å². The average molecular weight is 433 g/mol. The number of hydrogen-bond acceptors (Lipinski definition) is 3. The molecule has 102 valence electrons. The molecule has 2 aromatic carbocycles. The number of thiazole rings is 1. The molecular formula is C14H9Br2ClN2S. The van der Waals surface area contributed by atoms with Gasteiger partial charge < -0.3 is 5.32 Å². The monoisotopic (exact) mass is 430 g/mol. The molecule has 0 aliphatic heterocycles. The van der Waals surface area contributed by atoms with Crippen LogP contribution in [0.1, 0.15) is 5.56 Å². The van der Waals surface area contributed by atoms with E-state index >= 15 is 0 Å². The van der Waals surface area contributed by atoms with Gasteiger partial charge in [0.25, 0.3) is 0 Å². The van der Waals surface area contributed by atoms with Crippen molar-refractivity contribution in [3.05, 3.63) is 49.9 Å². The number of aryl methyl sites for hydroxylation is 1. The molecule has 1 N–H and O–H groups in total. The summed E-state index contributed by atoms with van der Waals surface area (Å²) in [6.45, 7) is 2.05. The van der Waals surface area contributed by atoms with E-state index in [2.05, 4.69) is 61.2 Å². The standard InChI is InChI=1S/C14H9Br2ClN2S/c1-7-4-9(15)13(10(16)5-7)19-14-18-11-6-8(17)2-3-12(11)20-14/h2-6H,1H3,(H,18,19). The lowest BCUT2D eigenvalue weighted by atomic mass is 10.2. The van der Waals surface area contributed by atoms with Gasteiger partial charge in [-0.2, -0.15) is 0 Å². The first-order chi connectivity index (χ1) is 9.52. The number of fused-ring (bicyclic) bond motifs is 1. The van der Waals surface area contributed by atoms with E-state index in [1.54, 1.807) is 11.3 Å². The smallest absolute Gasteiger partial charge is 0.188 e. The maximum absolute atomic E-state index is 5.99. The van der Waals surface area contributed by atoms with E-state index in [0.29, 0.717) is 5.02 Å². The van der Waals surface area contributed by atoms with E-state index in [0.717, 1.165) is 30.0 Å². The zero-order valence-corrected chi connectivity index (χ0v) is 15.1. The molecule has 2 nitrogen and oxygen atoms in total. The number of halogens is 3. The Morgan fingerprint density at radius 1 is 1.15 bits per heavy atom. The molecule has 0 aliphatic rings. The molecule has 20 heavy (non-hydrogen) atoms. The van der Waals surface area contributed by atoms with Crippen LogP contribution < -0.4 is 5.32 Å². The molecule has 6 heteroatoms. The van der Waals surface area contributed by atoms with Crippen LogP contribution in [0.25, 0.3) is 10.2 Å². The Morgan fingerprint density at radius 2 is 1.85 bits per heavy atom. The van der Waals surface area contributed by atoms with Crippen LogP contribution in [0.3, 0.4) is 0 Å². The zero-order valence-electron chi connectivity index (χ0n) is 10.4. The molecule has 0 spiro atoms. The highest BCUT2D eigenvalue weighted by molar-refractivity contribution is 9.11. The van der Waals surface area contributed by atoms with Gasteiger partial charge in [-0.05, 0) is 74.7 Å². The zero-order chi connectivity index (χ0) is 14.3. The van der Waals surface area contributed by atoms with Crippen LogP contribution in [0.2, 0.25) is 5.02 Å². The minimum Gasteiger partial charge on any atom is -0.330 e. The summed E-state index contributed by atoms with van der Waals surface area (Å²) in [7, 11) is 0. The van der Waals surface area contributed by atoms with Crippen LogP contribution in [0.4, 0.5) is 10.8 Å². The van der Waals surface area contributed by atoms with Crippen molar-refractivity contribution in [1.82, 2.24) is 4.98 Å². The fraction of sp³-hybridized carbons (Fsp3) is 0.0714. The molecule has 3 aromatic rings. The number of rotatable bonds is 2. The van der Waals surface area contributed by atoms with Gasteiger partial charge in [0.1, 0.15) is 0 Å². The van der Waals surface area contributed by atoms with Gasteiger partial charge in [-0.25, -0.2) is 4.98 Å². The number of nitrogens with zero attached hydrogens (tertiary/aromatic N) is 1. The second kappa shape index (κ2) is 5.64. The molecule has 1 aromatic heterocycles. The van der Waals surface area contributed by atoms with Crippen LogP contribution in [0.15, 0.2) is 39.3 Å². The number of anilines is 2. The molecule has 3 rings (SSSR count). The minimum atomic E-state index is 0.701. The second-order valence-electron chi connectivity index (χ2n) is 4.36. The summed E-state index contributed by atoms with van der Waals surface area (Å²) in [6, 6.07) is 9.87. The largest absolute Gasteiger partial charge is 0.330 e. The average Bonchev–Trinajstić information content (AvgIpc) is 2.75. The van der Waals surface area contributed by atoms with Gasteiger partial charge in [0.15, 0.2) is 5.13 Å². The van der Waals surface area contributed by atoms with Gasteiger partial charge in [-0.1, -0.05) is 22.9 Å². The molecule has 0 fully saturated rings. The van der Waals surface area contributed by atoms with E-state index in [1.165, 1.54) is 5.56 Å². The van der Waals surface area contributed by atoms with Crippen molar-refractivity contribution in [2.45, 2.75) is 6.92 Å². The van der Waals surface area contributed by atoms with Gasteiger partial charge >= 0.3 is 0 Å². The summed E-state index contributed by atoms with van der Waals surface area (Å²) < 4.78 is 3.11. The van der Waals surface area contributed by atoms with Gasteiger partial charge in [0.05, 0.1) is 15.9 Å². The van der Waals surface area contributed by atoms with E-state index in [4.69, 9.17) is 11.6 Å². The Bertz CT molecular complexity index is 778. The Kier molecular flexibility index (Phi) is 4.04. The summed E-state index contributed by atoms with van der Waals surface area (Å²) >= 11 is 14.7. The molecule has 0 bridgehead atoms. The van der Waals surface area contributed by atoms with Gasteiger partial charge in [0.2, 0.25) is 0 Å². The van der Waals surface area contributed by atoms with Crippen molar-refractivity contribution in [2.24, 2.45) is 0 Å². The molecule has 0 aliphatic carbocycles. The topological polar surface area (TPSA) is 24.9 Å². The molecule has 0 saturated carbocycles. The van der Waals surface area contributed by atoms with E-state index in [1.807, 2.05) is 18.2 Å². The van der Waals surface area contributed by atoms with Gasteiger partial charge in [0, 0.05) is 14.0 Å². The quantitative estimate of drug-likeness (QED) is 0.498. The SMILES string of the molecule is Cc1cc(Br)c(Nc2nc3cc(Cl)ccc3s2)c(Br)c1. The van der Waals surface area contributed by atoms with E-state index in [9.17, 15) is 0 Å². The summed E-state index contributed by atoms with van der Waals surface area (Å²) in [5.74, 6) is 0. The maximum Gasteiger partial charge on any atom is 0.188 e. The van der Waals surface area contributed by atoms with Crippen LogP contribution >= 0.6 is 54.8 Å². The number of hydrogen-bond donors (Lipinski definition) is 1. The first-order valence-electron chi connectivity index (χ1n) is 5.82. The molecule has 0 atom stereocenters. The highest BCUT2D eigenvalue weighted by atomic mass is 79.9. The fourth-order valence-electron chi connectivity index (χ4n) is 1.88. The Balaban J connectivity index is 2.01. The fourth-order valence-corrected chi connectivity index (χ4v) is 4.51. The molecule has 0 radical (unpaired) electrons. The number of nitrogens with one attached hydrogen (secondary N) is 1. The third kappa shape index (κ3) is 2.86. The van der Waals surface area contributed by atoms with Crippen molar-refractivity contribution in [2.75, 3.05) is 5.32 Å². The predicted molar refractivity (Wildman–Crippen MR) is 94.5 cm³/mol. The van der Waals surface area contributed by atoms with Gasteiger partial charge in [-0.15, -0.1) is 0 Å². The van der Waals surface area contributed by atoms with Crippen LogP contribution in [-0.4, -0.2) is 4.98 Å². The molecule has 1 heterocycles. The van der Waals surface area contributed by atoms with Crippen molar-refractivity contribution in [3.8, 4) is 0 Å². The number of aromatic nitrogens is 1. The summed E-state index contributed by atoms with van der Waals surface area (Å²) in [4.78, 5) is 4.55. The summed E-state index contributed by atoms with van der Waals surface area (Å²) in [6.07, 6.45) is 0. The first-order valence-corrected chi connectivity index (χ1v) is 8.60. The van der Waals surface area contributed by atoms with Crippen molar-refractivity contribution < 1.29 is 0 Å². The Hall–Kier alpha value is -0.620. The lowest BCUT2D eigenvalue weighted by Gasteiger charge is -2.09. The van der Waals surface area contributed by atoms with E-state index in [-0.39, 0.29) is 0 Å². The van der Waals surface area contributed by atoms with Crippen molar-refractivity contribution in [3.63, 3.8) is 0 Å². The van der Waals surface area contributed by atoms with Crippen molar-refractivity contribution >= 4 is 75.8 Å². The molecule has 0 amide bonds. The maximum atomic E-state index is 5.99. The highest BCUT2D eigenvalue weighted by Crippen LogP contribution is 2.37. The van der Waals surface area contributed by atoms with E-state index < -0.39 is 0 Å². The Morgan fingerprint density at radius 3 is 2.55 bits per heavy atom. The second-order valence-corrected chi connectivity index (χ2v) is 7.54. The normalized spacial score (nSPS) is 11.0. The van der Waals surface area contributed by atoms with Crippen molar-refractivity contribution in [1.29, 1.82) is 0 Å². The lowest BCUT2D eigenvalue weighted by Crippen LogP contribution is -1.92. The predicted octanol–water partition coefficient (Wildman–Crippen LogP) is 6.53. The Labute approximate surface area is 142 Å². The third-order valence-corrected chi connectivity index (χ3v) is 5.21. The van der Waals surface area contributed by atoms with Crippen LogP contribution in [-0.2, 0) is 0 Å². The molecule has 0 saturated heterocycles. The highest BCUT2D eigenvalue weighted by Gasteiger charge is 2.10. The van der Waals surface area contributed by atoms with Crippen LogP contribution in [0, 0.1) is 6.92 Å². The third-order valence-electron chi connectivity index (χ3n) is 2.77. The molecular weight excluding hydrogens is 423 g/mol. The lowest BCUT2D eigenvalue weighted by molar-refractivity contribution is 1.39. The number of benzene rings is 2. The first kappa shape index (κ1) is 14.3. The summed E-state index contributed by atoms with van der Waals surface area (Å²) in [5, 5.41) is 4.89. The van der Waals surface area contributed by atoms with Crippen LogP contribution in [0.5, 0.6) is 0 Å². The summed E-state index contributed by atoms with van der Waals surface area (Å²) in [5.41, 5.74) is 3.07. The molecule has 0 unspecified atom stereocenters.